The van der Waals surface area contributed by atoms with E-state index in [0.717, 1.165) is 6.07 Å². The van der Waals surface area contributed by atoms with E-state index in [-0.39, 0.29) is 16.3 Å². The number of hydrogen-bond acceptors (Lipinski definition) is 2. The van der Waals surface area contributed by atoms with E-state index in [2.05, 4.69) is 4.74 Å². The lowest BCUT2D eigenvalue weighted by Gasteiger charge is -2.14. The van der Waals surface area contributed by atoms with Crippen molar-refractivity contribution in [2.75, 3.05) is 7.11 Å². The van der Waals surface area contributed by atoms with Crippen molar-refractivity contribution in [3.8, 4) is 5.75 Å². The Balaban J connectivity index is 3.39. The van der Waals surface area contributed by atoms with Crippen LogP contribution in [0.3, 0.4) is 0 Å². The van der Waals surface area contributed by atoms with E-state index < -0.39 is 18.3 Å². The van der Waals surface area contributed by atoms with Gasteiger partial charge < -0.3 is 9.84 Å². The molecule has 1 aromatic rings. The topological polar surface area (TPSA) is 29.5 Å². The SMILES string of the molecule is COc1cc(Cl)c(CO)c(C(F)(F)F)c1. The fourth-order valence-electron chi connectivity index (χ4n) is 1.14. The first kappa shape index (κ1) is 12.1. The van der Waals surface area contributed by atoms with Crippen molar-refractivity contribution in [1.29, 1.82) is 0 Å². The summed E-state index contributed by atoms with van der Waals surface area (Å²) in [7, 11) is 1.24. The summed E-state index contributed by atoms with van der Waals surface area (Å²) >= 11 is 5.58. The highest BCUT2D eigenvalue weighted by Crippen LogP contribution is 2.37. The van der Waals surface area contributed by atoms with Crippen LogP contribution in [0.25, 0.3) is 0 Å². The molecule has 0 aliphatic rings. The molecule has 0 bridgehead atoms. The van der Waals surface area contributed by atoms with E-state index >= 15 is 0 Å². The molecular weight excluding hydrogens is 233 g/mol. The number of aliphatic hydroxyl groups excluding tert-OH is 1. The van der Waals surface area contributed by atoms with Crippen LogP contribution in [0.4, 0.5) is 13.2 Å². The molecule has 6 heteroatoms. The molecule has 0 unspecified atom stereocenters. The lowest BCUT2D eigenvalue weighted by Crippen LogP contribution is -2.10. The van der Waals surface area contributed by atoms with Gasteiger partial charge in [0.15, 0.2) is 0 Å². The Hall–Kier alpha value is -0.940. The molecule has 15 heavy (non-hydrogen) atoms. The predicted octanol–water partition coefficient (Wildman–Crippen LogP) is 2.86. The average Bonchev–Trinajstić information content (AvgIpc) is 2.15. The van der Waals surface area contributed by atoms with Gasteiger partial charge in [0.05, 0.1) is 24.3 Å². The number of hydrogen-bond donors (Lipinski definition) is 1. The van der Waals surface area contributed by atoms with Crippen molar-refractivity contribution >= 4 is 11.6 Å². The van der Waals surface area contributed by atoms with Crippen molar-refractivity contribution < 1.29 is 23.0 Å². The number of benzene rings is 1. The number of alkyl halides is 3. The molecule has 2 nitrogen and oxygen atoms in total. The second-order valence-corrected chi connectivity index (χ2v) is 3.20. The smallest absolute Gasteiger partial charge is 0.416 e. The summed E-state index contributed by atoms with van der Waals surface area (Å²) in [5.41, 5.74) is -1.32. The number of ether oxygens (including phenoxy) is 1. The van der Waals surface area contributed by atoms with Crippen molar-refractivity contribution in [3.05, 3.63) is 28.3 Å². The molecule has 0 aromatic heterocycles. The summed E-state index contributed by atoms with van der Waals surface area (Å²) < 4.78 is 42.2. The second-order valence-electron chi connectivity index (χ2n) is 2.79. The van der Waals surface area contributed by atoms with Gasteiger partial charge in [-0.2, -0.15) is 13.2 Å². The monoisotopic (exact) mass is 240 g/mol. The molecule has 0 amide bonds. The Kier molecular flexibility index (Phi) is 3.46. The van der Waals surface area contributed by atoms with Crippen LogP contribution in [0.1, 0.15) is 11.1 Å². The summed E-state index contributed by atoms with van der Waals surface area (Å²) in [6.45, 7) is -0.766. The van der Waals surface area contributed by atoms with Gasteiger partial charge in [-0.3, -0.25) is 0 Å². The largest absolute Gasteiger partial charge is 0.497 e. The Labute approximate surface area is 89.2 Å². The molecule has 0 spiro atoms. The second kappa shape index (κ2) is 4.28. The Morgan fingerprint density at radius 2 is 2.00 bits per heavy atom. The van der Waals surface area contributed by atoms with E-state index in [1.807, 2.05) is 0 Å². The number of halogens is 4. The van der Waals surface area contributed by atoms with Gasteiger partial charge in [-0.1, -0.05) is 11.6 Å². The normalized spacial score (nSPS) is 11.6. The summed E-state index contributed by atoms with van der Waals surface area (Å²) in [6.07, 6.45) is -4.56. The highest BCUT2D eigenvalue weighted by atomic mass is 35.5. The molecule has 1 rings (SSSR count). The molecule has 0 fully saturated rings. The standard InChI is InChI=1S/C9H8ClF3O2/c1-15-5-2-7(9(11,12)13)6(4-14)8(10)3-5/h2-3,14H,4H2,1H3. The van der Waals surface area contributed by atoms with Crippen LogP contribution in [-0.4, -0.2) is 12.2 Å². The third kappa shape index (κ3) is 2.54. The van der Waals surface area contributed by atoms with Gasteiger partial charge in [-0.25, -0.2) is 0 Å². The molecule has 0 aliphatic heterocycles. The molecule has 0 radical (unpaired) electrons. The Morgan fingerprint density at radius 1 is 1.40 bits per heavy atom. The highest BCUT2D eigenvalue weighted by molar-refractivity contribution is 6.31. The summed E-state index contributed by atoms with van der Waals surface area (Å²) in [5, 5.41) is 8.64. The van der Waals surface area contributed by atoms with E-state index in [1.54, 1.807) is 0 Å². The average molecular weight is 241 g/mol. The molecule has 0 saturated heterocycles. The first-order valence-corrected chi connectivity index (χ1v) is 4.32. The van der Waals surface area contributed by atoms with Crippen LogP contribution in [0.2, 0.25) is 5.02 Å². The van der Waals surface area contributed by atoms with Gasteiger partial charge in [0.1, 0.15) is 5.75 Å². The molecule has 0 aliphatic carbocycles. The molecule has 1 N–H and O–H groups in total. The maximum Gasteiger partial charge on any atom is 0.416 e. The summed E-state index contributed by atoms with van der Waals surface area (Å²) in [5.74, 6) is 0.00419. The number of rotatable bonds is 2. The van der Waals surface area contributed by atoms with Gasteiger partial charge in [0.25, 0.3) is 0 Å². The van der Waals surface area contributed by atoms with Crippen molar-refractivity contribution in [3.63, 3.8) is 0 Å². The third-order valence-corrected chi connectivity index (χ3v) is 2.21. The minimum Gasteiger partial charge on any atom is -0.497 e. The number of aliphatic hydroxyl groups is 1. The van der Waals surface area contributed by atoms with Gasteiger partial charge in [-0.05, 0) is 12.1 Å². The van der Waals surface area contributed by atoms with Crippen LogP contribution in [0, 0.1) is 0 Å². The van der Waals surface area contributed by atoms with Crippen molar-refractivity contribution in [2.24, 2.45) is 0 Å². The van der Waals surface area contributed by atoms with Crippen molar-refractivity contribution in [2.45, 2.75) is 12.8 Å². The van der Waals surface area contributed by atoms with Gasteiger partial charge in [0.2, 0.25) is 0 Å². The highest BCUT2D eigenvalue weighted by Gasteiger charge is 2.34. The fraction of sp³-hybridized carbons (Fsp3) is 0.333. The van der Waals surface area contributed by atoms with E-state index in [0.29, 0.717) is 0 Å². The van der Waals surface area contributed by atoms with Crippen LogP contribution >= 0.6 is 11.6 Å². The van der Waals surface area contributed by atoms with Gasteiger partial charge in [-0.15, -0.1) is 0 Å². The van der Waals surface area contributed by atoms with Gasteiger partial charge >= 0.3 is 6.18 Å². The molecule has 0 atom stereocenters. The van der Waals surface area contributed by atoms with E-state index in [4.69, 9.17) is 16.7 Å². The zero-order chi connectivity index (χ0) is 11.6. The first-order chi connectivity index (χ1) is 6.90. The maximum atomic E-state index is 12.5. The Morgan fingerprint density at radius 3 is 2.40 bits per heavy atom. The van der Waals surface area contributed by atoms with Gasteiger partial charge in [0, 0.05) is 5.56 Å². The van der Waals surface area contributed by atoms with Crippen LogP contribution < -0.4 is 4.74 Å². The quantitative estimate of drug-likeness (QED) is 0.861. The zero-order valence-electron chi connectivity index (χ0n) is 7.73. The molecule has 0 saturated carbocycles. The fourth-order valence-corrected chi connectivity index (χ4v) is 1.41. The molecule has 84 valence electrons. The predicted molar refractivity (Wildman–Crippen MR) is 48.9 cm³/mol. The lowest BCUT2D eigenvalue weighted by atomic mass is 10.1. The lowest BCUT2D eigenvalue weighted by molar-refractivity contribution is -0.138. The molecular formula is C9H8ClF3O2. The maximum absolute atomic E-state index is 12.5. The van der Waals surface area contributed by atoms with E-state index in [9.17, 15) is 13.2 Å². The minimum atomic E-state index is -4.56. The van der Waals surface area contributed by atoms with E-state index in [1.165, 1.54) is 13.2 Å². The molecule has 0 heterocycles. The third-order valence-electron chi connectivity index (χ3n) is 1.87. The number of methoxy groups -OCH3 is 1. The minimum absolute atomic E-state index is 0.00419. The summed E-state index contributed by atoms with van der Waals surface area (Å²) in [6, 6.07) is 2.03. The van der Waals surface area contributed by atoms with Crippen molar-refractivity contribution in [1.82, 2.24) is 0 Å². The zero-order valence-corrected chi connectivity index (χ0v) is 8.49. The molecule has 1 aromatic carbocycles. The Bertz CT molecular complexity index is 363. The first-order valence-electron chi connectivity index (χ1n) is 3.94. The van der Waals surface area contributed by atoms with Crippen LogP contribution in [0.5, 0.6) is 5.75 Å². The van der Waals surface area contributed by atoms with Crippen LogP contribution in [0.15, 0.2) is 12.1 Å². The van der Waals surface area contributed by atoms with Crippen LogP contribution in [-0.2, 0) is 12.8 Å². The summed E-state index contributed by atoms with van der Waals surface area (Å²) in [4.78, 5) is 0.